The van der Waals surface area contributed by atoms with Gasteiger partial charge in [-0.1, -0.05) is 0 Å². The predicted molar refractivity (Wildman–Crippen MR) is 79.2 cm³/mol. The van der Waals surface area contributed by atoms with Gasteiger partial charge in [0.25, 0.3) is 0 Å². The minimum atomic E-state index is -0.972. The first-order valence-electron chi connectivity index (χ1n) is 5.87. The summed E-state index contributed by atoms with van der Waals surface area (Å²) < 4.78 is 0.305. The molecule has 92 valence electrons. The van der Waals surface area contributed by atoms with Gasteiger partial charge in [0.1, 0.15) is 0 Å². The molecule has 17 heavy (non-hydrogen) atoms. The summed E-state index contributed by atoms with van der Waals surface area (Å²) in [6.07, 6.45) is 3.65. The van der Waals surface area contributed by atoms with E-state index < -0.39 is 8.07 Å². The molecule has 0 spiro atoms. The monoisotopic (exact) mass is 312 g/mol. The van der Waals surface area contributed by atoms with E-state index in [1.54, 1.807) is 6.08 Å². The first-order chi connectivity index (χ1) is 7.97. The van der Waals surface area contributed by atoms with Gasteiger partial charge in [0, 0.05) is 0 Å². The Hall–Kier alpha value is -0.634. The Morgan fingerprint density at radius 2 is 1.88 bits per heavy atom. The van der Waals surface area contributed by atoms with Crippen molar-refractivity contribution in [2.24, 2.45) is 0 Å². The fourth-order valence-corrected chi connectivity index (χ4v) is 7.21. The Morgan fingerprint density at radius 3 is 2.47 bits per heavy atom. The Bertz CT molecular complexity index is 379. The van der Waals surface area contributed by atoms with Crippen LogP contribution in [0.5, 0.6) is 0 Å². The van der Waals surface area contributed by atoms with E-state index in [1.165, 1.54) is 6.04 Å². The maximum atomic E-state index is 11.7. The molecule has 0 atom stereocenters. The van der Waals surface area contributed by atoms with Gasteiger partial charge in [0.05, 0.1) is 0 Å². The third-order valence-electron chi connectivity index (χ3n) is 2.31. The number of hydrogen-bond donors (Lipinski definition) is 0. The normalized spacial score (nSPS) is 11.9. The number of benzene rings is 1. The number of carbonyl (C=O) groups is 1. The zero-order chi connectivity index (χ0) is 12.7. The van der Waals surface area contributed by atoms with Gasteiger partial charge in [-0.25, -0.2) is 0 Å². The molecule has 3 heteroatoms. The van der Waals surface area contributed by atoms with Crippen molar-refractivity contribution >= 4 is 33.8 Å². The molecule has 0 aromatic heterocycles. The zero-order valence-corrected chi connectivity index (χ0v) is 13.5. The number of carbonyl (C=O) groups excluding carboxylic acids is 1. The fourth-order valence-electron chi connectivity index (χ4n) is 1.23. The van der Waals surface area contributed by atoms with Crippen molar-refractivity contribution in [1.29, 1.82) is 0 Å². The standard InChI is InChI=1S/C14H20OSeSi/c1-17(2,3)12-11-16-14(15)10-9-13-7-5-4-6-8-13/h4-10H,11-12H2,1-3H3/b10-9+. The third kappa shape index (κ3) is 7.32. The van der Waals surface area contributed by atoms with Crippen LogP contribution in [0.2, 0.25) is 31.0 Å². The maximum absolute atomic E-state index is 11.7. The van der Waals surface area contributed by atoms with Gasteiger partial charge < -0.3 is 0 Å². The molecule has 1 nitrogen and oxygen atoms in total. The van der Waals surface area contributed by atoms with Crippen molar-refractivity contribution in [3.8, 4) is 0 Å². The van der Waals surface area contributed by atoms with Crippen LogP contribution in [0, 0.1) is 0 Å². The molecule has 0 fully saturated rings. The Balaban J connectivity index is 2.33. The van der Waals surface area contributed by atoms with E-state index in [0.717, 1.165) is 10.9 Å². The molecule has 0 aliphatic rings. The molecule has 0 radical (unpaired) electrons. The van der Waals surface area contributed by atoms with Crippen molar-refractivity contribution in [3.05, 3.63) is 42.0 Å². The van der Waals surface area contributed by atoms with E-state index in [0.29, 0.717) is 4.68 Å². The third-order valence-corrected chi connectivity index (χ3v) is 6.61. The Morgan fingerprint density at radius 1 is 1.24 bits per heavy atom. The van der Waals surface area contributed by atoms with Crippen molar-refractivity contribution in [3.63, 3.8) is 0 Å². The fraction of sp³-hybridized carbons (Fsp3) is 0.357. The van der Waals surface area contributed by atoms with Gasteiger partial charge in [-0.15, -0.1) is 0 Å². The molecule has 0 saturated carbocycles. The summed E-state index contributed by atoms with van der Waals surface area (Å²) in [6.45, 7) is 7.06. The molecule has 0 N–H and O–H groups in total. The number of rotatable bonds is 6. The Labute approximate surface area is 111 Å². The summed E-state index contributed by atoms with van der Waals surface area (Å²) in [6, 6.07) is 11.2. The van der Waals surface area contributed by atoms with Gasteiger partial charge in [-0.3, -0.25) is 0 Å². The van der Waals surface area contributed by atoms with E-state index in [9.17, 15) is 4.79 Å². The van der Waals surface area contributed by atoms with Crippen molar-refractivity contribution in [2.45, 2.75) is 31.0 Å². The molecule has 0 aliphatic carbocycles. The second kappa shape index (κ2) is 6.95. The molecule has 0 saturated heterocycles. The van der Waals surface area contributed by atoms with Crippen molar-refractivity contribution in [2.75, 3.05) is 0 Å². The second-order valence-corrected chi connectivity index (χ2v) is 13.1. The summed E-state index contributed by atoms with van der Waals surface area (Å²) >= 11 is 0.131. The molecule has 0 heterocycles. The van der Waals surface area contributed by atoms with E-state index in [-0.39, 0.29) is 15.0 Å². The molecule has 1 rings (SSSR count). The minimum absolute atomic E-state index is 0.131. The SMILES string of the molecule is C[Si](C)(C)CC[Se]C(=O)/C=C/c1ccccc1. The number of allylic oxidation sites excluding steroid dienone is 1. The molecule has 1 aromatic rings. The molecule has 0 amide bonds. The first kappa shape index (κ1) is 14.4. The predicted octanol–water partition coefficient (Wildman–Crippen LogP) is 3.69. The number of hydrogen-bond acceptors (Lipinski definition) is 1. The van der Waals surface area contributed by atoms with E-state index >= 15 is 0 Å². The summed E-state index contributed by atoms with van der Waals surface area (Å²) in [5.74, 6) is 0. The van der Waals surface area contributed by atoms with Gasteiger partial charge >= 0.3 is 112 Å². The van der Waals surface area contributed by atoms with Crippen LogP contribution in [-0.2, 0) is 4.79 Å². The van der Waals surface area contributed by atoms with E-state index in [2.05, 4.69) is 19.6 Å². The molecule has 0 unspecified atom stereocenters. The molecular formula is C14H20OSeSi. The van der Waals surface area contributed by atoms with Crippen LogP contribution in [0.3, 0.4) is 0 Å². The van der Waals surface area contributed by atoms with Gasteiger partial charge in [0.15, 0.2) is 0 Å². The molecule has 0 aliphatic heterocycles. The van der Waals surface area contributed by atoms with Crippen LogP contribution >= 0.6 is 0 Å². The average molecular weight is 311 g/mol. The molecule has 0 bridgehead atoms. The van der Waals surface area contributed by atoms with E-state index in [4.69, 9.17) is 0 Å². The summed E-state index contributed by atoms with van der Waals surface area (Å²) in [5, 5.41) is 1.10. The van der Waals surface area contributed by atoms with Gasteiger partial charge in [-0.2, -0.15) is 0 Å². The summed E-state index contributed by atoms with van der Waals surface area (Å²) in [5.41, 5.74) is 1.10. The first-order valence-corrected chi connectivity index (χ1v) is 11.6. The van der Waals surface area contributed by atoms with Crippen LogP contribution in [0.1, 0.15) is 5.56 Å². The molecule has 1 aromatic carbocycles. The van der Waals surface area contributed by atoms with Gasteiger partial charge in [0.2, 0.25) is 0 Å². The summed E-state index contributed by atoms with van der Waals surface area (Å²) in [4.78, 5) is 11.7. The quantitative estimate of drug-likeness (QED) is 0.578. The van der Waals surface area contributed by atoms with Crippen LogP contribution in [0.15, 0.2) is 36.4 Å². The average Bonchev–Trinajstić information content (AvgIpc) is 2.26. The van der Waals surface area contributed by atoms with Crippen molar-refractivity contribution < 1.29 is 4.79 Å². The van der Waals surface area contributed by atoms with Crippen LogP contribution in [0.4, 0.5) is 0 Å². The molecular weight excluding hydrogens is 291 g/mol. The van der Waals surface area contributed by atoms with Crippen LogP contribution in [0.25, 0.3) is 6.08 Å². The van der Waals surface area contributed by atoms with Crippen molar-refractivity contribution in [1.82, 2.24) is 0 Å². The zero-order valence-electron chi connectivity index (χ0n) is 10.8. The second-order valence-electron chi connectivity index (χ2n) is 5.22. The van der Waals surface area contributed by atoms with E-state index in [1.807, 2.05) is 36.4 Å². The van der Waals surface area contributed by atoms with Gasteiger partial charge in [-0.05, 0) is 0 Å². The topological polar surface area (TPSA) is 17.1 Å². The Kier molecular flexibility index (Phi) is 5.90. The van der Waals surface area contributed by atoms with Crippen LogP contribution < -0.4 is 0 Å². The van der Waals surface area contributed by atoms with Crippen LogP contribution in [-0.4, -0.2) is 27.7 Å². The summed E-state index contributed by atoms with van der Waals surface area (Å²) in [7, 11) is -0.972.